The molecule has 0 saturated heterocycles. The Morgan fingerprint density at radius 3 is 2.84 bits per heavy atom. The van der Waals surface area contributed by atoms with E-state index in [0.29, 0.717) is 23.7 Å². The summed E-state index contributed by atoms with van der Waals surface area (Å²) in [6, 6.07) is 9.04. The molecule has 0 unspecified atom stereocenters. The Morgan fingerprint density at radius 1 is 1.40 bits per heavy atom. The molecule has 1 atom stereocenters. The molecule has 0 amide bonds. The first-order chi connectivity index (χ1) is 12.0. The average molecular weight is 403 g/mol. The predicted molar refractivity (Wildman–Crippen MR) is 94.3 cm³/mol. The second-order valence-electron chi connectivity index (χ2n) is 5.46. The number of nitriles is 1. The van der Waals surface area contributed by atoms with E-state index in [-0.39, 0.29) is 22.8 Å². The van der Waals surface area contributed by atoms with Gasteiger partial charge in [0.1, 0.15) is 28.9 Å². The van der Waals surface area contributed by atoms with Crippen molar-refractivity contribution in [2.24, 2.45) is 5.73 Å². The maximum absolute atomic E-state index is 12.5. The van der Waals surface area contributed by atoms with E-state index in [0.717, 1.165) is 4.47 Å². The highest BCUT2D eigenvalue weighted by Gasteiger charge is 2.36. The molecule has 0 fully saturated rings. The summed E-state index contributed by atoms with van der Waals surface area (Å²) >= 11 is 3.42. The number of halogens is 1. The highest BCUT2D eigenvalue weighted by atomic mass is 79.9. The minimum atomic E-state index is -0.732. The van der Waals surface area contributed by atoms with Gasteiger partial charge in [0.05, 0.1) is 18.1 Å². The fraction of sp³-hybridized carbons (Fsp3) is 0.222. The average Bonchev–Trinajstić information content (AvgIpc) is 2.55. The summed E-state index contributed by atoms with van der Waals surface area (Å²) in [6.45, 7) is 3.94. The Labute approximate surface area is 152 Å². The Kier molecular flexibility index (Phi) is 4.55. The quantitative estimate of drug-likeness (QED) is 0.844. The van der Waals surface area contributed by atoms with Crippen LogP contribution < -0.4 is 20.8 Å². The number of ether oxygens (including phenoxy) is 2. The zero-order valence-electron chi connectivity index (χ0n) is 13.6. The summed E-state index contributed by atoms with van der Waals surface area (Å²) in [5, 5.41) is 9.60. The fourth-order valence-corrected chi connectivity index (χ4v) is 3.24. The normalized spacial score (nSPS) is 16.0. The van der Waals surface area contributed by atoms with Crippen molar-refractivity contribution in [2.75, 3.05) is 6.61 Å². The van der Waals surface area contributed by atoms with E-state index in [2.05, 4.69) is 22.0 Å². The molecule has 6 nitrogen and oxygen atoms in total. The first kappa shape index (κ1) is 17.1. The molecule has 1 aromatic heterocycles. The van der Waals surface area contributed by atoms with Crippen molar-refractivity contribution < 1.29 is 13.9 Å². The largest absolute Gasteiger partial charge is 0.494 e. The first-order valence-corrected chi connectivity index (χ1v) is 8.40. The van der Waals surface area contributed by atoms with E-state index in [1.807, 2.05) is 13.0 Å². The first-order valence-electron chi connectivity index (χ1n) is 7.60. The molecular formula is C18H15BrN2O4. The van der Waals surface area contributed by atoms with Gasteiger partial charge in [-0.3, -0.25) is 0 Å². The van der Waals surface area contributed by atoms with Gasteiger partial charge in [-0.15, -0.1) is 0 Å². The molecule has 2 N–H and O–H groups in total. The third kappa shape index (κ3) is 3.01. The van der Waals surface area contributed by atoms with Gasteiger partial charge in [0.15, 0.2) is 0 Å². The number of fused-ring (bicyclic) bond motifs is 1. The predicted octanol–water partition coefficient (Wildman–Crippen LogP) is 3.33. The summed E-state index contributed by atoms with van der Waals surface area (Å²) in [7, 11) is 0. The van der Waals surface area contributed by atoms with Gasteiger partial charge in [0.25, 0.3) is 0 Å². The number of aryl methyl sites for hydroxylation is 1. The van der Waals surface area contributed by atoms with E-state index in [4.69, 9.17) is 19.6 Å². The Morgan fingerprint density at radius 2 is 2.16 bits per heavy atom. The van der Waals surface area contributed by atoms with Gasteiger partial charge in [-0.25, -0.2) is 4.79 Å². The maximum atomic E-state index is 12.5. The van der Waals surface area contributed by atoms with Gasteiger partial charge >= 0.3 is 5.63 Å². The smallest absolute Gasteiger partial charge is 0.343 e. The molecule has 2 heterocycles. The van der Waals surface area contributed by atoms with E-state index in [1.165, 1.54) is 0 Å². The minimum absolute atomic E-state index is 0.0348. The topological polar surface area (TPSA) is 98.5 Å². The molecule has 1 aliphatic rings. The van der Waals surface area contributed by atoms with Crippen LogP contribution in [-0.4, -0.2) is 6.61 Å². The Hall–Kier alpha value is -2.72. The number of nitrogens with two attached hydrogens (primary N) is 1. The fourth-order valence-electron chi connectivity index (χ4n) is 2.86. The molecule has 0 saturated carbocycles. The van der Waals surface area contributed by atoms with Gasteiger partial charge < -0.3 is 19.6 Å². The van der Waals surface area contributed by atoms with Crippen molar-refractivity contribution in [2.45, 2.75) is 19.8 Å². The number of allylic oxidation sites excluding steroid dienone is 1. The van der Waals surface area contributed by atoms with Crippen molar-refractivity contribution >= 4 is 15.9 Å². The number of hydrogen-bond acceptors (Lipinski definition) is 6. The van der Waals surface area contributed by atoms with Gasteiger partial charge in [-0.1, -0.05) is 15.9 Å². The Balaban J connectivity index is 2.34. The second kappa shape index (κ2) is 6.65. The number of benzene rings is 1. The van der Waals surface area contributed by atoms with Crippen LogP contribution in [-0.2, 0) is 0 Å². The highest BCUT2D eigenvalue weighted by molar-refractivity contribution is 9.10. The molecule has 25 heavy (non-hydrogen) atoms. The van der Waals surface area contributed by atoms with Gasteiger partial charge in [0.2, 0.25) is 5.88 Å². The van der Waals surface area contributed by atoms with Crippen LogP contribution in [0.5, 0.6) is 11.5 Å². The molecule has 128 valence electrons. The molecule has 0 aliphatic carbocycles. The SMILES string of the molecule is CCOc1ccc(Br)cc1[C@H]1C(C#N)=C(N)Oc2cc(C)oc(=O)c21. The van der Waals surface area contributed by atoms with Crippen molar-refractivity contribution in [1.82, 2.24) is 0 Å². The molecule has 1 aromatic carbocycles. The number of nitrogens with zero attached hydrogens (tertiary/aromatic N) is 1. The molecule has 2 aromatic rings. The molecule has 0 radical (unpaired) electrons. The Bertz CT molecular complexity index is 972. The van der Waals surface area contributed by atoms with E-state index >= 15 is 0 Å². The van der Waals surface area contributed by atoms with E-state index in [1.54, 1.807) is 25.1 Å². The third-order valence-corrected chi connectivity index (χ3v) is 4.33. The second-order valence-corrected chi connectivity index (χ2v) is 6.38. The van der Waals surface area contributed by atoms with Crippen molar-refractivity contribution in [3.63, 3.8) is 0 Å². The summed E-state index contributed by atoms with van der Waals surface area (Å²) in [5.41, 5.74) is 6.39. The third-order valence-electron chi connectivity index (χ3n) is 3.84. The number of rotatable bonds is 3. The van der Waals surface area contributed by atoms with Crippen LogP contribution >= 0.6 is 15.9 Å². The van der Waals surface area contributed by atoms with Crippen LogP contribution in [0.4, 0.5) is 0 Å². The molecule has 1 aliphatic heterocycles. The number of hydrogen-bond donors (Lipinski definition) is 1. The highest BCUT2D eigenvalue weighted by Crippen LogP contribution is 2.44. The lowest BCUT2D eigenvalue weighted by atomic mass is 9.84. The summed E-state index contributed by atoms with van der Waals surface area (Å²) in [4.78, 5) is 12.5. The lowest BCUT2D eigenvalue weighted by Gasteiger charge is -2.26. The summed E-state index contributed by atoms with van der Waals surface area (Å²) < 4.78 is 17.2. The van der Waals surface area contributed by atoms with Crippen LogP contribution in [0.3, 0.4) is 0 Å². The van der Waals surface area contributed by atoms with Gasteiger partial charge in [-0.2, -0.15) is 5.26 Å². The van der Waals surface area contributed by atoms with E-state index in [9.17, 15) is 10.1 Å². The summed E-state index contributed by atoms with van der Waals surface area (Å²) in [6.07, 6.45) is 0. The minimum Gasteiger partial charge on any atom is -0.494 e. The van der Waals surface area contributed by atoms with Crippen LogP contribution in [0.1, 0.15) is 29.7 Å². The van der Waals surface area contributed by atoms with Crippen LogP contribution in [0.2, 0.25) is 0 Å². The van der Waals surface area contributed by atoms with Crippen LogP contribution in [0, 0.1) is 18.3 Å². The molecule has 0 spiro atoms. The van der Waals surface area contributed by atoms with Crippen LogP contribution in [0.25, 0.3) is 0 Å². The van der Waals surface area contributed by atoms with Gasteiger partial charge in [-0.05, 0) is 32.0 Å². The maximum Gasteiger partial charge on any atom is 0.343 e. The zero-order valence-corrected chi connectivity index (χ0v) is 15.2. The monoisotopic (exact) mass is 402 g/mol. The zero-order chi connectivity index (χ0) is 18.1. The van der Waals surface area contributed by atoms with Crippen molar-refractivity contribution in [3.8, 4) is 17.6 Å². The lowest BCUT2D eigenvalue weighted by molar-refractivity contribution is 0.333. The molecule has 3 rings (SSSR count). The van der Waals surface area contributed by atoms with Gasteiger partial charge in [0, 0.05) is 16.1 Å². The summed E-state index contributed by atoms with van der Waals surface area (Å²) in [5.74, 6) is 0.480. The standard InChI is InChI=1S/C18H15BrN2O4/c1-3-23-13-5-4-10(19)7-11(13)15-12(8-20)17(21)25-14-6-9(2)24-18(22)16(14)15/h4-7,15H,3,21H2,1-2H3/t15-/m0/s1. The van der Waals surface area contributed by atoms with Crippen molar-refractivity contribution in [3.05, 3.63) is 67.5 Å². The molecular weight excluding hydrogens is 388 g/mol. The molecule has 7 heteroatoms. The van der Waals surface area contributed by atoms with E-state index < -0.39 is 11.5 Å². The molecule has 0 bridgehead atoms. The van der Waals surface area contributed by atoms with Crippen molar-refractivity contribution in [1.29, 1.82) is 5.26 Å². The lowest BCUT2D eigenvalue weighted by Crippen LogP contribution is -2.26. The van der Waals surface area contributed by atoms with Crippen LogP contribution in [0.15, 0.2) is 49.4 Å².